The zero-order chi connectivity index (χ0) is 8.27. The molecule has 1 unspecified atom stereocenters. The Morgan fingerprint density at radius 1 is 1.42 bits per heavy atom. The first-order valence-electron chi connectivity index (χ1n) is 3.09. The van der Waals surface area contributed by atoms with Gasteiger partial charge in [0.05, 0.1) is 0 Å². The Morgan fingerprint density at radius 3 is 2.50 bits per heavy atom. The molecule has 0 aliphatic carbocycles. The molecule has 0 radical (unpaired) electrons. The summed E-state index contributed by atoms with van der Waals surface area (Å²) in [7, 11) is -2.45. The van der Waals surface area contributed by atoms with Gasteiger partial charge in [0.15, 0.2) is 6.16 Å². The van der Waals surface area contributed by atoms with E-state index in [0.717, 1.165) is 0 Å². The molecule has 0 aliphatic heterocycles. The molecule has 0 aliphatic rings. The van der Waals surface area contributed by atoms with Crippen molar-refractivity contribution in [1.82, 2.24) is 6.15 Å². The highest BCUT2D eigenvalue weighted by Crippen LogP contribution is 2.24. The lowest BCUT2D eigenvalue weighted by Gasteiger charge is -1.96. The lowest BCUT2D eigenvalue weighted by Crippen LogP contribution is -1.89. The van der Waals surface area contributed by atoms with Gasteiger partial charge in [0.2, 0.25) is 0 Å². The highest BCUT2D eigenvalue weighted by atomic mass is 31.1. The molecule has 5 heteroatoms. The maximum absolute atomic E-state index is 10.2. The SMILES string of the molecule is O=[P+]([O-])Cc1ccccc1O.[NH4+]. The first-order valence-corrected chi connectivity index (χ1v) is 4.45. The van der Waals surface area contributed by atoms with Crippen LogP contribution in [0.4, 0.5) is 0 Å². The number of para-hydroxylation sites is 1. The molecule has 0 bridgehead atoms. The number of phenolic OH excluding ortho intramolecular Hbond substituents is 1. The Kier molecular flexibility index (Phi) is 4.44. The summed E-state index contributed by atoms with van der Waals surface area (Å²) in [5, 5.41) is 9.09. The zero-order valence-corrected chi connectivity index (χ0v) is 7.62. The Hall–Kier alpha value is -0.960. The van der Waals surface area contributed by atoms with Crippen LogP contribution in [0.5, 0.6) is 5.75 Å². The second-order valence-electron chi connectivity index (χ2n) is 2.12. The number of phenols is 1. The Bertz CT molecular complexity index is 277. The van der Waals surface area contributed by atoms with Crippen molar-refractivity contribution in [3.05, 3.63) is 29.8 Å². The fraction of sp³-hybridized carbons (Fsp3) is 0.143. The minimum absolute atomic E-state index is 0. The van der Waals surface area contributed by atoms with Crippen molar-refractivity contribution >= 4 is 8.03 Å². The van der Waals surface area contributed by atoms with E-state index < -0.39 is 8.03 Å². The summed E-state index contributed by atoms with van der Waals surface area (Å²) in [4.78, 5) is 10.2. The van der Waals surface area contributed by atoms with Crippen LogP contribution in [0.25, 0.3) is 0 Å². The molecule has 0 spiro atoms. The first-order chi connectivity index (χ1) is 5.20. The monoisotopic (exact) mass is 188 g/mol. The Morgan fingerprint density at radius 2 is 2.00 bits per heavy atom. The van der Waals surface area contributed by atoms with E-state index in [4.69, 9.17) is 5.11 Å². The van der Waals surface area contributed by atoms with Gasteiger partial charge in [0.25, 0.3) is 0 Å². The fourth-order valence-electron chi connectivity index (χ4n) is 0.784. The van der Waals surface area contributed by atoms with E-state index in [0.29, 0.717) is 5.56 Å². The van der Waals surface area contributed by atoms with E-state index in [1.165, 1.54) is 6.07 Å². The number of hydrogen-bond acceptors (Lipinski definition) is 3. The topological polar surface area (TPSA) is 96.9 Å². The van der Waals surface area contributed by atoms with Gasteiger partial charge in [-0.05, 0) is 6.07 Å². The molecule has 1 aromatic rings. The summed E-state index contributed by atoms with van der Waals surface area (Å²) in [6, 6.07) is 6.39. The predicted molar refractivity (Wildman–Crippen MR) is 45.4 cm³/mol. The van der Waals surface area contributed by atoms with Gasteiger partial charge in [-0.3, -0.25) is 0 Å². The van der Waals surface area contributed by atoms with Gasteiger partial charge in [0, 0.05) is 5.56 Å². The normalized spacial score (nSPS) is 10.2. The molecule has 12 heavy (non-hydrogen) atoms. The molecule has 0 heterocycles. The highest BCUT2D eigenvalue weighted by Gasteiger charge is 2.06. The summed E-state index contributed by atoms with van der Waals surface area (Å²) in [5.41, 5.74) is 0.448. The third-order valence-corrected chi connectivity index (χ3v) is 1.89. The molecule has 1 atom stereocenters. The van der Waals surface area contributed by atoms with Crippen molar-refractivity contribution in [2.75, 3.05) is 0 Å². The van der Waals surface area contributed by atoms with Crippen LogP contribution in [0.15, 0.2) is 24.3 Å². The summed E-state index contributed by atoms with van der Waals surface area (Å²) >= 11 is 0. The maximum Gasteiger partial charge on any atom is 0.313 e. The van der Waals surface area contributed by atoms with Crippen LogP contribution in [0.2, 0.25) is 0 Å². The summed E-state index contributed by atoms with van der Waals surface area (Å²) in [6.45, 7) is 0. The highest BCUT2D eigenvalue weighted by molar-refractivity contribution is 7.35. The molecule has 1 aromatic carbocycles. The summed E-state index contributed by atoms with van der Waals surface area (Å²) in [5.74, 6) is 0.0340. The minimum atomic E-state index is -2.45. The third-order valence-electron chi connectivity index (χ3n) is 1.29. The molecule has 0 saturated carbocycles. The van der Waals surface area contributed by atoms with Crippen molar-refractivity contribution in [1.29, 1.82) is 0 Å². The van der Waals surface area contributed by atoms with Crippen LogP contribution in [0, 0.1) is 0 Å². The second-order valence-corrected chi connectivity index (χ2v) is 3.10. The number of benzene rings is 1. The van der Waals surface area contributed by atoms with E-state index in [1.807, 2.05) is 0 Å². The minimum Gasteiger partial charge on any atom is -0.595 e. The Labute approximate surface area is 71.3 Å². The summed E-state index contributed by atoms with van der Waals surface area (Å²) < 4.78 is 10.2. The van der Waals surface area contributed by atoms with Crippen molar-refractivity contribution in [3.63, 3.8) is 0 Å². The second kappa shape index (κ2) is 4.83. The van der Waals surface area contributed by atoms with Crippen LogP contribution < -0.4 is 11.0 Å². The van der Waals surface area contributed by atoms with E-state index in [9.17, 15) is 9.46 Å². The number of quaternary nitrogens is 1. The smallest absolute Gasteiger partial charge is 0.313 e. The Balaban J connectivity index is 0.00000121. The van der Waals surface area contributed by atoms with E-state index in [-0.39, 0.29) is 18.1 Å². The standard InChI is InChI=1S/C7H7O3P.H3N/c8-7-4-2-1-3-6(7)5-11(9)10;/h1-4,8H,5H2;1H3/p+1. The van der Waals surface area contributed by atoms with Crippen molar-refractivity contribution in [3.8, 4) is 5.75 Å². The molecule has 0 amide bonds. The van der Waals surface area contributed by atoms with Crippen LogP contribution >= 0.6 is 8.03 Å². The van der Waals surface area contributed by atoms with E-state index in [1.54, 1.807) is 18.2 Å². The van der Waals surface area contributed by atoms with Gasteiger partial charge in [-0.25, -0.2) is 0 Å². The molecular weight excluding hydrogens is 177 g/mol. The van der Waals surface area contributed by atoms with Crippen LogP contribution in [0.3, 0.4) is 0 Å². The molecule has 5 N–H and O–H groups in total. The molecule has 66 valence electrons. The molecule has 0 aromatic heterocycles. The molecule has 0 saturated heterocycles. The van der Waals surface area contributed by atoms with Crippen molar-refractivity contribution in [2.24, 2.45) is 0 Å². The predicted octanol–water partition coefficient (Wildman–Crippen LogP) is 1.37. The molecule has 0 fully saturated rings. The van der Waals surface area contributed by atoms with E-state index in [2.05, 4.69) is 0 Å². The lowest BCUT2D eigenvalue weighted by molar-refractivity contribution is -0.164. The average Bonchev–Trinajstić information content (AvgIpc) is 1.93. The average molecular weight is 188 g/mol. The fourth-order valence-corrected chi connectivity index (χ4v) is 1.33. The third kappa shape index (κ3) is 2.96. The van der Waals surface area contributed by atoms with Gasteiger partial charge in [-0.2, -0.15) is 0 Å². The maximum atomic E-state index is 10.2. The van der Waals surface area contributed by atoms with Gasteiger partial charge in [0.1, 0.15) is 5.75 Å². The molecular formula is C7H11NO3P+. The molecule has 4 nitrogen and oxygen atoms in total. The van der Waals surface area contributed by atoms with Crippen molar-refractivity contribution in [2.45, 2.75) is 6.16 Å². The van der Waals surface area contributed by atoms with Gasteiger partial charge in [-0.1, -0.05) is 22.8 Å². The summed E-state index contributed by atoms with van der Waals surface area (Å²) in [6.07, 6.45) is -0.0952. The van der Waals surface area contributed by atoms with Gasteiger partial charge >= 0.3 is 8.03 Å². The largest absolute Gasteiger partial charge is 0.595 e. The van der Waals surface area contributed by atoms with Gasteiger partial charge in [-0.15, -0.1) is 0 Å². The lowest BCUT2D eigenvalue weighted by atomic mass is 10.2. The number of aromatic hydroxyl groups is 1. The van der Waals surface area contributed by atoms with Crippen LogP contribution in [0.1, 0.15) is 5.56 Å². The van der Waals surface area contributed by atoms with Crippen LogP contribution in [-0.2, 0) is 10.7 Å². The zero-order valence-electron chi connectivity index (χ0n) is 6.73. The van der Waals surface area contributed by atoms with Gasteiger partial charge < -0.3 is 16.2 Å². The number of hydrogen-bond donors (Lipinski definition) is 2. The van der Waals surface area contributed by atoms with Crippen molar-refractivity contribution < 1.29 is 14.6 Å². The van der Waals surface area contributed by atoms with E-state index >= 15 is 0 Å². The van der Waals surface area contributed by atoms with Crippen LogP contribution in [-0.4, -0.2) is 5.11 Å². The molecule has 1 rings (SSSR count). The quantitative estimate of drug-likeness (QED) is 0.685. The first kappa shape index (κ1) is 11.0. The number of rotatable bonds is 2.